The van der Waals surface area contributed by atoms with Crippen LogP contribution in [0.1, 0.15) is 50.4 Å². The van der Waals surface area contributed by atoms with E-state index in [0.29, 0.717) is 12.6 Å². The highest BCUT2D eigenvalue weighted by Crippen LogP contribution is 2.20. The Hall–Kier alpha value is -1.62. The Labute approximate surface area is 133 Å². The van der Waals surface area contributed by atoms with Gasteiger partial charge in [-0.2, -0.15) is 0 Å². The Morgan fingerprint density at radius 2 is 2.18 bits per heavy atom. The lowest BCUT2D eigenvalue weighted by atomic mass is 10.0. The number of nitrogens with zero attached hydrogens (tertiary/aromatic N) is 2. The van der Waals surface area contributed by atoms with Crippen LogP contribution in [0.3, 0.4) is 0 Å². The smallest absolute Gasteiger partial charge is 0.409 e. The molecule has 122 valence electrons. The number of ether oxygens (including phenoxy) is 1. The second-order valence-electron chi connectivity index (χ2n) is 5.85. The summed E-state index contributed by atoms with van der Waals surface area (Å²) in [7, 11) is 0. The first kappa shape index (κ1) is 16.7. The fraction of sp³-hybridized carbons (Fsp3) is 0.647. The number of carbonyl (C=O) groups is 1. The number of aromatic nitrogens is 1. The number of hydrogen-bond donors (Lipinski definition) is 1. The summed E-state index contributed by atoms with van der Waals surface area (Å²) in [6.45, 7) is 8.06. The molecular formula is C17H27N3O2. The van der Waals surface area contributed by atoms with Crippen LogP contribution in [-0.4, -0.2) is 41.7 Å². The number of amides is 1. The SMILES string of the molecule is CCOC(=O)N1CCC(NC(CC)c2cc(C)ccn2)CC1. The number of likely N-dealkylation sites (tertiary alicyclic amines) is 1. The van der Waals surface area contributed by atoms with E-state index >= 15 is 0 Å². The average molecular weight is 305 g/mol. The number of carbonyl (C=O) groups excluding carboxylic acids is 1. The Bertz CT molecular complexity index is 485. The quantitative estimate of drug-likeness (QED) is 0.908. The predicted molar refractivity (Wildman–Crippen MR) is 86.8 cm³/mol. The summed E-state index contributed by atoms with van der Waals surface area (Å²) < 4.78 is 5.06. The normalized spacial score (nSPS) is 17.3. The van der Waals surface area contributed by atoms with Crippen LogP contribution in [0.4, 0.5) is 4.79 Å². The van der Waals surface area contributed by atoms with Crippen molar-refractivity contribution >= 4 is 6.09 Å². The molecule has 1 fully saturated rings. The molecule has 1 saturated heterocycles. The molecule has 5 nitrogen and oxygen atoms in total. The summed E-state index contributed by atoms with van der Waals surface area (Å²) in [5.41, 5.74) is 2.35. The van der Waals surface area contributed by atoms with Crippen molar-refractivity contribution in [2.24, 2.45) is 0 Å². The maximum Gasteiger partial charge on any atom is 0.409 e. The molecule has 1 aliphatic heterocycles. The van der Waals surface area contributed by atoms with Crippen LogP contribution in [0.2, 0.25) is 0 Å². The molecule has 1 amide bonds. The first-order valence-corrected chi connectivity index (χ1v) is 8.24. The zero-order valence-corrected chi connectivity index (χ0v) is 13.8. The number of rotatable bonds is 5. The van der Waals surface area contributed by atoms with E-state index in [1.165, 1.54) is 5.56 Å². The number of pyridine rings is 1. The van der Waals surface area contributed by atoms with Crippen LogP contribution >= 0.6 is 0 Å². The van der Waals surface area contributed by atoms with E-state index in [4.69, 9.17) is 4.74 Å². The molecule has 22 heavy (non-hydrogen) atoms. The van der Waals surface area contributed by atoms with Crippen molar-refractivity contribution in [3.63, 3.8) is 0 Å². The summed E-state index contributed by atoms with van der Waals surface area (Å²) in [5, 5.41) is 3.70. The van der Waals surface area contributed by atoms with Crippen molar-refractivity contribution in [3.8, 4) is 0 Å². The monoisotopic (exact) mass is 305 g/mol. The lowest BCUT2D eigenvalue weighted by molar-refractivity contribution is 0.0940. The lowest BCUT2D eigenvalue weighted by Gasteiger charge is -2.33. The largest absolute Gasteiger partial charge is 0.450 e. The van der Waals surface area contributed by atoms with Crippen LogP contribution in [-0.2, 0) is 4.74 Å². The van der Waals surface area contributed by atoms with E-state index < -0.39 is 0 Å². The standard InChI is InChI=1S/C17H27N3O2/c1-4-15(16-12-13(3)6-9-18-16)19-14-7-10-20(11-8-14)17(21)22-5-2/h6,9,12,14-15,19H,4-5,7-8,10-11H2,1-3H3. The third-order valence-electron chi connectivity index (χ3n) is 4.16. The van der Waals surface area contributed by atoms with Crippen molar-refractivity contribution < 1.29 is 9.53 Å². The van der Waals surface area contributed by atoms with Crippen LogP contribution in [0, 0.1) is 6.92 Å². The molecule has 1 N–H and O–H groups in total. The van der Waals surface area contributed by atoms with Gasteiger partial charge in [-0.3, -0.25) is 4.98 Å². The van der Waals surface area contributed by atoms with Crippen LogP contribution in [0.15, 0.2) is 18.3 Å². The second kappa shape index (κ2) is 8.13. The highest BCUT2D eigenvalue weighted by Gasteiger charge is 2.25. The van der Waals surface area contributed by atoms with Gasteiger partial charge in [-0.05, 0) is 50.8 Å². The minimum atomic E-state index is -0.187. The number of nitrogens with one attached hydrogen (secondary N) is 1. The molecule has 0 spiro atoms. The summed E-state index contributed by atoms with van der Waals surface area (Å²) >= 11 is 0. The predicted octanol–water partition coefficient (Wildman–Crippen LogP) is 3.05. The van der Waals surface area contributed by atoms with Crippen LogP contribution in [0.25, 0.3) is 0 Å². The summed E-state index contributed by atoms with van der Waals surface area (Å²) in [4.78, 5) is 18.0. The highest BCUT2D eigenvalue weighted by atomic mass is 16.6. The van der Waals surface area contributed by atoms with Gasteiger partial charge in [-0.1, -0.05) is 6.92 Å². The topological polar surface area (TPSA) is 54.5 Å². The maximum absolute atomic E-state index is 11.7. The zero-order valence-electron chi connectivity index (χ0n) is 13.8. The molecule has 0 radical (unpaired) electrons. The number of piperidine rings is 1. The molecule has 0 saturated carbocycles. The Balaban J connectivity index is 1.87. The van der Waals surface area contributed by atoms with Crippen molar-refractivity contribution in [2.45, 2.75) is 52.1 Å². The second-order valence-corrected chi connectivity index (χ2v) is 5.85. The van der Waals surface area contributed by atoms with Crippen molar-refractivity contribution in [3.05, 3.63) is 29.6 Å². The zero-order chi connectivity index (χ0) is 15.9. The van der Waals surface area contributed by atoms with Crippen molar-refractivity contribution in [2.75, 3.05) is 19.7 Å². The molecule has 5 heteroatoms. The molecule has 0 aromatic carbocycles. The Morgan fingerprint density at radius 1 is 1.45 bits per heavy atom. The lowest BCUT2D eigenvalue weighted by Crippen LogP contribution is -2.46. The molecule has 0 aliphatic carbocycles. The van der Waals surface area contributed by atoms with E-state index in [-0.39, 0.29) is 12.1 Å². The minimum Gasteiger partial charge on any atom is -0.450 e. The first-order valence-electron chi connectivity index (χ1n) is 8.24. The van der Waals surface area contributed by atoms with E-state index in [1.54, 1.807) is 4.90 Å². The minimum absolute atomic E-state index is 0.187. The first-order chi connectivity index (χ1) is 10.6. The van der Waals surface area contributed by atoms with Gasteiger partial charge in [0.1, 0.15) is 0 Å². The molecule has 2 rings (SSSR count). The van der Waals surface area contributed by atoms with Crippen LogP contribution < -0.4 is 5.32 Å². The van der Waals surface area contributed by atoms with Gasteiger partial charge in [0.05, 0.1) is 12.3 Å². The van der Waals surface area contributed by atoms with Gasteiger partial charge in [0.2, 0.25) is 0 Å². The van der Waals surface area contributed by atoms with E-state index in [9.17, 15) is 4.79 Å². The summed E-state index contributed by atoms with van der Waals surface area (Å²) in [6.07, 6.45) is 4.61. The Morgan fingerprint density at radius 3 is 2.77 bits per heavy atom. The highest BCUT2D eigenvalue weighted by molar-refractivity contribution is 5.67. The number of hydrogen-bond acceptors (Lipinski definition) is 4. The van der Waals surface area contributed by atoms with Gasteiger partial charge in [0, 0.05) is 31.4 Å². The molecule has 1 atom stereocenters. The average Bonchev–Trinajstić information content (AvgIpc) is 2.53. The fourth-order valence-corrected chi connectivity index (χ4v) is 2.89. The molecule has 1 aliphatic rings. The number of aryl methyl sites for hydroxylation is 1. The molecule has 1 aromatic heterocycles. The van der Waals surface area contributed by atoms with Crippen molar-refractivity contribution in [1.29, 1.82) is 0 Å². The van der Waals surface area contributed by atoms with E-state index in [1.807, 2.05) is 19.2 Å². The molecule has 1 aromatic rings. The molecule has 1 unspecified atom stereocenters. The van der Waals surface area contributed by atoms with Gasteiger partial charge in [-0.25, -0.2) is 4.79 Å². The van der Waals surface area contributed by atoms with E-state index in [0.717, 1.165) is 38.0 Å². The Kier molecular flexibility index (Phi) is 6.19. The van der Waals surface area contributed by atoms with Gasteiger partial charge >= 0.3 is 6.09 Å². The summed E-state index contributed by atoms with van der Waals surface area (Å²) in [6, 6.07) is 4.88. The van der Waals surface area contributed by atoms with Crippen molar-refractivity contribution in [1.82, 2.24) is 15.2 Å². The van der Waals surface area contributed by atoms with Crippen LogP contribution in [0.5, 0.6) is 0 Å². The fourth-order valence-electron chi connectivity index (χ4n) is 2.89. The third kappa shape index (κ3) is 4.44. The van der Waals surface area contributed by atoms with Gasteiger partial charge < -0.3 is 15.0 Å². The van der Waals surface area contributed by atoms with Gasteiger partial charge in [-0.15, -0.1) is 0 Å². The molecular weight excluding hydrogens is 278 g/mol. The van der Waals surface area contributed by atoms with E-state index in [2.05, 4.69) is 30.2 Å². The third-order valence-corrected chi connectivity index (χ3v) is 4.16. The van der Waals surface area contributed by atoms with Gasteiger partial charge in [0.15, 0.2) is 0 Å². The molecule has 2 heterocycles. The summed E-state index contributed by atoms with van der Waals surface area (Å²) in [5.74, 6) is 0. The molecule has 0 bridgehead atoms. The maximum atomic E-state index is 11.7. The van der Waals surface area contributed by atoms with Gasteiger partial charge in [0.25, 0.3) is 0 Å².